The summed E-state index contributed by atoms with van der Waals surface area (Å²) in [6.45, 7) is 1.89. The van der Waals surface area contributed by atoms with Crippen molar-refractivity contribution in [1.82, 2.24) is 4.98 Å². The molecule has 0 amide bonds. The molecule has 9 heteroatoms. The summed E-state index contributed by atoms with van der Waals surface area (Å²) in [5.41, 5.74) is 3.88. The Morgan fingerprint density at radius 2 is 1.66 bits per heavy atom. The molecule has 1 aromatic heterocycles. The fourth-order valence-electron chi connectivity index (χ4n) is 4.06. The third kappa shape index (κ3) is 5.57. The highest BCUT2D eigenvalue weighted by Gasteiger charge is 2.25. The van der Waals surface area contributed by atoms with Crippen molar-refractivity contribution in [3.63, 3.8) is 0 Å². The number of ether oxygens (including phenoxy) is 2. The van der Waals surface area contributed by atoms with Gasteiger partial charge >= 0.3 is 5.97 Å². The van der Waals surface area contributed by atoms with Gasteiger partial charge in [0.1, 0.15) is 18.1 Å². The predicted molar refractivity (Wildman–Crippen MR) is 143 cm³/mol. The summed E-state index contributed by atoms with van der Waals surface area (Å²) in [5.74, 6) is 0.112. The van der Waals surface area contributed by atoms with Crippen LogP contribution in [0.4, 0.5) is 5.69 Å². The summed E-state index contributed by atoms with van der Waals surface area (Å²) in [6, 6.07) is 19.2. The van der Waals surface area contributed by atoms with Crippen LogP contribution in [0.15, 0.2) is 95.0 Å². The summed E-state index contributed by atoms with van der Waals surface area (Å²) < 4.78 is 36.8. The first-order valence-electron chi connectivity index (χ1n) is 11.6. The smallest absolute Gasteiger partial charge is 0.337 e. The molecule has 0 bridgehead atoms. The minimum absolute atomic E-state index is 0.0195. The molecule has 0 saturated heterocycles. The lowest BCUT2D eigenvalue weighted by atomic mass is 10.00. The molecule has 0 spiro atoms. The largest absolute Gasteiger partial charge is 0.497 e. The molecule has 4 rings (SSSR count). The molecule has 1 heterocycles. The van der Waals surface area contributed by atoms with Crippen LogP contribution in [0.1, 0.15) is 27.5 Å². The Morgan fingerprint density at radius 3 is 2.29 bits per heavy atom. The maximum atomic E-state index is 13.4. The highest BCUT2D eigenvalue weighted by Crippen LogP contribution is 2.30. The number of sulfone groups is 1. The zero-order chi connectivity index (χ0) is 27.3. The SMILES string of the molecule is COC(=O)c1cc(C)cc(-c2ccc(NC(C=O)c3cnccc3S(=O)(=O)c3ccc(OC)cc3)cc2)c1. The number of carbonyl (C=O) groups is 2. The standard InChI is InChI=1S/C29H26N2O6S/c1-19-14-21(16-22(15-19)29(33)37-3)20-4-6-23(7-5-20)31-27(18-32)26-17-30-13-12-28(26)38(34,35)25-10-8-24(36-2)9-11-25/h4-18,27,31H,1-3H3. The van der Waals surface area contributed by atoms with Gasteiger partial charge in [0, 0.05) is 23.6 Å². The zero-order valence-electron chi connectivity index (χ0n) is 21.0. The van der Waals surface area contributed by atoms with Gasteiger partial charge in [-0.3, -0.25) is 4.98 Å². The number of benzene rings is 3. The molecule has 8 nitrogen and oxygen atoms in total. The van der Waals surface area contributed by atoms with Gasteiger partial charge in [-0.25, -0.2) is 13.2 Å². The van der Waals surface area contributed by atoms with E-state index in [9.17, 15) is 18.0 Å². The van der Waals surface area contributed by atoms with Gasteiger partial charge in [0.25, 0.3) is 0 Å². The van der Waals surface area contributed by atoms with Crippen molar-refractivity contribution in [3.05, 3.63) is 102 Å². The van der Waals surface area contributed by atoms with Crippen LogP contribution in [0, 0.1) is 6.92 Å². The van der Waals surface area contributed by atoms with Gasteiger partial charge in [-0.2, -0.15) is 0 Å². The lowest BCUT2D eigenvalue weighted by Crippen LogP contribution is -2.17. The van der Waals surface area contributed by atoms with Crippen LogP contribution in [-0.2, 0) is 19.4 Å². The highest BCUT2D eigenvalue weighted by atomic mass is 32.2. The Bertz CT molecular complexity index is 1570. The molecule has 0 aliphatic rings. The van der Waals surface area contributed by atoms with Crippen LogP contribution < -0.4 is 10.1 Å². The summed E-state index contributed by atoms with van der Waals surface area (Å²) >= 11 is 0. The van der Waals surface area contributed by atoms with Crippen molar-refractivity contribution in [2.24, 2.45) is 0 Å². The number of aldehydes is 1. The monoisotopic (exact) mass is 530 g/mol. The second-order valence-corrected chi connectivity index (χ2v) is 10.4. The lowest BCUT2D eigenvalue weighted by Gasteiger charge is -2.18. The van der Waals surface area contributed by atoms with Gasteiger partial charge in [-0.15, -0.1) is 0 Å². The lowest BCUT2D eigenvalue weighted by molar-refractivity contribution is -0.108. The molecular formula is C29H26N2O6S. The van der Waals surface area contributed by atoms with Gasteiger partial charge < -0.3 is 19.6 Å². The summed E-state index contributed by atoms with van der Waals surface area (Å²) in [6.07, 6.45) is 3.39. The van der Waals surface area contributed by atoms with E-state index in [1.54, 1.807) is 36.4 Å². The van der Waals surface area contributed by atoms with Gasteiger partial charge in [0.05, 0.1) is 29.6 Å². The Balaban J connectivity index is 1.62. The number of nitrogens with zero attached hydrogens (tertiary/aromatic N) is 1. The van der Waals surface area contributed by atoms with Gasteiger partial charge in [-0.1, -0.05) is 18.2 Å². The average molecular weight is 531 g/mol. The maximum absolute atomic E-state index is 13.4. The molecule has 38 heavy (non-hydrogen) atoms. The number of hydrogen-bond acceptors (Lipinski definition) is 8. The number of methoxy groups -OCH3 is 2. The third-order valence-corrected chi connectivity index (χ3v) is 7.82. The topological polar surface area (TPSA) is 112 Å². The molecule has 0 aliphatic heterocycles. The molecule has 0 radical (unpaired) electrons. The first-order chi connectivity index (χ1) is 18.3. The Labute approximate surface area is 221 Å². The number of rotatable bonds is 9. The zero-order valence-corrected chi connectivity index (χ0v) is 21.9. The quantitative estimate of drug-likeness (QED) is 0.237. The molecule has 1 atom stereocenters. The first-order valence-corrected chi connectivity index (χ1v) is 13.1. The number of pyridine rings is 1. The fraction of sp³-hybridized carbons (Fsp3) is 0.138. The van der Waals surface area contributed by atoms with Crippen molar-refractivity contribution in [2.75, 3.05) is 19.5 Å². The maximum Gasteiger partial charge on any atom is 0.337 e. The van der Waals surface area contributed by atoms with E-state index in [-0.39, 0.29) is 15.4 Å². The Morgan fingerprint density at radius 1 is 0.947 bits per heavy atom. The summed E-state index contributed by atoms with van der Waals surface area (Å²) in [7, 11) is -1.10. The number of aryl methyl sites for hydroxylation is 1. The van der Waals surface area contributed by atoms with Gasteiger partial charge in [0.15, 0.2) is 0 Å². The van der Waals surface area contributed by atoms with Crippen molar-refractivity contribution in [3.8, 4) is 16.9 Å². The van der Waals surface area contributed by atoms with Crippen molar-refractivity contribution in [2.45, 2.75) is 22.8 Å². The van der Waals surface area contributed by atoms with E-state index in [4.69, 9.17) is 9.47 Å². The molecule has 0 saturated carbocycles. The summed E-state index contributed by atoms with van der Waals surface area (Å²) in [4.78, 5) is 28.2. The van der Waals surface area contributed by atoms with Crippen LogP contribution in [0.3, 0.4) is 0 Å². The van der Waals surface area contributed by atoms with Crippen LogP contribution in [0.5, 0.6) is 5.75 Å². The summed E-state index contributed by atoms with van der Waals surface area (Å²) in [5, 5.41) is 3.09. The second-order valence-electron chi connectivity index (χ2n) is 8.51. The van der Waals surface area contributed by atoms with Gasteiger partial charge in [0.2, 0.25) is 9.84 Å². The number of nitrogens with one attached hydrogen (secondary N) is 1. The minimum atomic E-state index is -3.93. The van der Waals surface area contributed by atoms with E-state index in [0.29, 0.717) is 23.3 Å². The second kappa shape index (κ2) is 11.3. The molecular weight excluding hydrogens is 504 g/mol. The fourth-order valence-corrected chi connectivity index (χ4v) is 5.54. The molecule has 1 unspecified atom stereocenters. The van der Waals surface area contributed by atoms with E-state index < -0.39 is 21.8 Å². The van der Waals surface area contributed by atoms with E-state index in [0.717, 1.165) is 16.7 Å². The predicted octanol–water partition coefficient (Wildman–Crippen LogP) is 5.04. The normalized spacial score (nSPS) is 11.9. The van der Waals surface area contributed by atoms with Crippen molar-refractivity contribution >= 4 is 27.8 Å². The number of carbonyl (C=O) groups excluding carboxylic acids is 2. The molecule has 194 valence electrons. The molecule has 0 fully saturated rings. The van der Waals surface area contributed by atoms with E-state index in [1.807, 2.05) is 25.1 Å². The minimum Gasteiger partial charge on any atom is -0.497 e. The number of hydrogen-bond donors (Lipinski definition) is 1. The van der Waals surface area contributed by atoms with E-state index in [2.05, 4.69) is 10.3 Å². The van der Waals surface area contributed by atoms with Gasteiger partial charge in [-0.05, 0) is 78.2 Å². The van der Waals surface area contributed by atoms with Crippen LogP contribution in [0.25, 0.3) is 11.1 Å². The Hall–Kier alpha value is -4.50. The Kier molecular flexibility index (Phi) is 7.87. The van der Waals surface area contributed by atoms with Crippen molar-refractivity contribution in [1.29, 1.82) is 0 Å². The number of aromatic nitrogens is 1. The van der Waals surface area contributed by atoms with E-state index in [1.165, 1.54) is 44.8 Å². The number of anilines is 1. The first kappa shape index (κ1) is 26.6. The van der Waals surface area contributed by atoms with Crippen LogP contribution >= 0.6 is 0 Å². The number of esters is 1. The van der Waals surface area contributed by atoms with Crippen LogP contribution in [-0.4, -0.2) is 39.9 Å². The highest BCUT2D eigenvalue weighted by molar-refractivity contribution is 7.91. The molecule has 3 aromatic carbocycles. The molecule has 4 aromatic rings. The van der Waals surface area contributed by atoms with E-state index >= 15 is 0 Å². The van der Waals surface area contributed by atoms with Crippen LogP contribution in [0.2, 0.25) is 0 Å². The molecule has 1 N–H and O–H groups in total. The van der Waals surface area contributed by atoms with Crippen molar-refractivity contribution < 1.29 is 27.5 Å². The average Bonchev–Trinajstić information content (AvgIpc) is 2.95. The molecule has 0 aliphatic carbocycles. The third-order valence-electron chi connectivity index (χ3n) is 5.98.